The van der Waals surface area contributed by atoms with E-state index >= 15 is 0 Å². The number of hydrogen-bond donors (Lipinski definition) is 0. The molecular formula is C9H12N2O2S. The summed E-state index contributed by atoms with van der Waals surface area (Å²) in [6.07, 6.45) is 2.61. The second-order valence-corrected chi connectivity index (χ2v) is 4.16. The van der Waals surface area contributed by atoms with Crippen LogP contribution in [0.25, 0.3) is 0 Å². The average molecular weight is 212 g/mol. The van der Waals surface area contributed by atoms with E-state index in [1.54, 1.807) is 10.5 Å². The summed E-state index contributed by atoms with van der Waals surface area (Å²) in [5.74, 6) is 0.710. The van der Waals surface area contributed by atoms with Crippen molar-refractivity contribution in [2.75, 3.05) is 10.8 Å². The number of anilines is 1. The zero-order valence-corrected chi connectivity index (χ0v) is 8.74. The molecule has 1 unspecified atom stereocenters. The lowest BCUT2D eigenvalue weighted by molar-refractivity contribution is 0.258. The smallest absolute Gasteiger partial charge is 0.266 e. The lowest BCUT2D eigenvalue weighted by Crippen LogP contribution is -2.22. The van der Waals surface area contributed by atoms with Crippen LogP contribution in [0, 0.1) is 0 Å². The fourth-order valence-corrected chi connectivity index (χ4v) is 2.40. The highest BCUT2D eigenvalue weighted by Gasteiger charge is 2.30. The van der Waals surface area contributed by atoms with E-state index in [1.807, 2.05) is 25.1 Å². The molecule has 14 heavy (non-hydrogen) atoms. The number of hydrogen-bond acceptors (Lipinski definition) is 3. The van der Waals surface area contributed by atoms with E-state index in [4.69, 9.17) is 4.18 Å². The van der Waals surface area contributed by atoms with Crippen molar-refractivity contribution in [3.05, 3.63) is 24.4 Å². The van der Waals surface area contributed by atoms with Gasteiger partial charge in [-0.2, -0.15) is 0 Å². The van der Waals surface area contributed by atoms with Gasteiger partial charge in [-0.25, -0.2) is 13.5 Å². The highest BCUT2D eigenvalue weighted by molar-refractivity contribution is 7.82. The average Bonchev–Trinajstić information content (AvgIpc) is 2.61. The third-order valence-electron chi connectivity index (χ3n) is 2.13. The Kier molecular flexibility index (Phi) is 2.79. The Balaban J connectivity index is 2.17. The lowest BCUT2D eigenvalue weighted by atomic mass is 10.3. The molecule has 2 heterocycles. The predicted octanol–water partition coefficient (Wildman–Crippen LogP) is 1.28. The van der Waals surface area contributed by atoms with Crippen LogP contribution in [-0.4, -0.2) is 21.8 Å². The van der Waals surface area contributed by atoms with Crippen molar-refractivity contribution in [2.45, 2.75) is 19.4 Å². The maximum atomic E-state index is 11.5. The SMILES string of the molecule is CC[C@H]1CN(c2ccccn2)S(=O)O1. The van der Waals surface area contributed by atoms with Crippen molar-refractivity contribution in [1.29, 1.82) is 0 Å². The summed E-state index contributed by atoms with van der Waals surface area (Å²) in [6, 6.07) is 5.54. The summed E-state index contributed by atoms with van der Waals surface area (Å²) < 4.78 is 18.4. The van der Waals surface area contributed by atoms with Crippen LogP contribution in [0.2, 0.25) is 0 Å². The van der Waals surface area contributed by atoms with Crippen molar-refractivity contribution in [1.82, 2.24) is 4.98 Å². The summed E-state index contributed by atoms with van der Waals surface area (Å²) in [6.45, 7) is 2.67. The molecule has 1 aliphatic heterocycles. The Bertz CT molecular complexity index is 331. The molecule has 1 aromatic heterocycles. The van der Waals surface area contributed by atoms with Crippen LogP contribution in [0.4, 0.5) is 5.82 Å². The van der Waals surface area contributed by atoms with Gasteiger partial charge in [0.05, 0.1) is 12.6 Å². The van der Waals surface area contributed by atoms with Crippen LogP contribution < -0.4 is 4.31 Å². The molecule has 0 amide bonds. The monoisotopic (exact) mass is 212 g/mol. The van der Waals surface area contributed by atoms with Gasteiger partial charge in [0, 0.05) is 6.20 Å². The Morgan fingerprint density at radius 2 is 2.57 bits per heavy atom. The molecule has 0 saturated carbocycles. The van der Waals surface area contributed by atoms with Gasteiger partial charge in [-0.05, 0) is 18.6 Å². The van der Waals surface area contributed by atoms with Gasteiger partial charge < -0.3 is 0 Å². The first kappa shape index (κ1) is 9.61. The Morgan fingerprint density at radius 3 is 3.14 bits per heavy atom. The first-order chi connectivity index (χ1) is 6.81. The van der Waals surface area contributed by atoms with Crippen molar-refractivity contribution in [2.24, 2.45) is 0 Å². The Morgan fingerprint density at radius 1 is 1.71 bits per heavy atom. The minimum absolute atomic E-state index is 0.0536. The molecule has 1 saturated heterocycles. The zero-order valence-electron chi connectivity index (χ0n) is 7.92. The van der Waals surface area contributed by atoms with Crippen LogP contribution in [0.5, 0.6) is 0 Å². The summed E-state index contributed by atoms with van der Waals surface area (Å²) >= 11 is -1.37. The second kappa shape index (κ2) is 4.06. The molecule has 0 radical (unpaired) electrons. The van der Waals surface area contributed by atoms with Crippen LogP contribution >= 0.6 is 0 Å². The predicted molar refractivity (Wildman–Crippen MR) is 54.9 cm³/mol. The van der Waals surface area contributed by atoms with E-state index in [0.29, 0.717) is 12.4 Å². The molecule has 0 aliphatic carbocycles. The first-order valence-electron chi connectivity index (χ1n) is 4.59. The van der Waals surface area contributed by atoms with E-state index in [9.17, 15) is 4.21 Å². The lowest BCUT2D eigenvalue weighted by Gasteiger charge is -2.11. The van der Waals surface area contributed by atoms with Gasteiger partial charge in [0.1, 0.15) is 5.82 Å². The summed E-state index contributed by atoms with van der Waals surface area (Å²) in [4.78, 5) is 4.13. The van der Waals surface area contributed by atoms with Crippen molar-refractivity contribution < 1.29 is 8.39 Å². The van der Waals surface area contributed by atoms with Gasteiger partial charge in [-0.1, -0.05) is 13.0 Å². The maximum Gasteiger partial charge on any atom is 0.266 e. The molecule has 1 aromatic rings. The van der Waals surface area contributed by atoms with Crippen LogP contribution in [0.3, 0.4) is 0 Å². The fourth-order valence-electron chi connectivity index (χ4n) is 1.31. The molecule has 0 bridgehead atoms. The number of pyridine rings is 1. The van der Waals surface area contributed by atoms with Crippen LogP contribution in [0.15, 0.2) is 24.4 Å². The standard InChI is InChI=1S/C9H12N2O2S/c1-2-8-7-11(14(12)13-8)9-5-3-4-6-10-9/h3-6,8H,2,7H2,1H3/t8-,14?/m0/s1. The fraction of sp³-hybridized carbons (Fsp3) is 0.444. The second-order valence-electron chi connectivity index (χ2n) is 3.09. The van der Waals surface area contributed by atoms with Gasteiger partial charge in [0.2, 0.25) is 0 Å². The zero-order chi connectivity index (χ0) is 9.97. The van der Waals surface area contributed by atoms with Gasteiger partial charge in [0.15, 0.2) is 0 Å². The van der Waals surface area contributed by atoms with Gasteiger partial charge in [-0.3, -0.25) is 4.18 Å². The summed E-state index contributed by atoms with van der Waals surface area (Å²) in [7, 11) is 0. The summed E-state index contributed by atoms with van der Waals surface area (Å²) in [5.41, 5.74) is 0. The molecule has 0 N–H and O–H groups in total. The minimum atomic E-state index is -1.37. The Hall–Kier alpha value is -0.940. The van der Waals surface area contributed by atoms with Gasteiger partial charge in [0.25, 0.3) is 11.3 Å². The molecule has 1 aliphatic rings. The number of rotatable bonds is 2. The third kappa shape index (κ3) is 1.78. The maximum absolute atomic E-state index is 11.5. The molecule has 76 valence electrons. The minimum Gasteiger partial charge on any atom is -0.268 e. The van der Waals surface area contributed by atoms with Crippen LogP contribution in [0.1, 0.15) is 13.3 Å². The van der Waals surface area contributed by atoms with E-state index in [1.165, 1.54) is 0 Å². The molecule has 0 spiro atoms. The molecule has 5 heteroatoms. The molecular weight excluding hydrogens is 200 g/mol. The molecule has 1 fully saturated rings. The van der Waals surface area contributed by atoms with E-state index in [0.717, 1.165) is 6.42 Å². The van der Waals surface area contributed by atoms with Crippen LogP contribution in [-0.2, 0) is 15.4 Å². The van der Waals surface area contributed by atoms with Gasteiger partial charge >= 0.3 is 0 Å². The largest absolute Gasteiger partial charge is 0.268 e. The van der Waals surface area contributed by atoms with Crippen molar-refractivity contribution >= 4 is 17.1 Å². The first-order valence-corrected chi connectivity index (χ1v) is 5.62. The highest BCUT2D eigenvalue weighted by Crippen LogP contribution is 2.22. The molecule has 2 atom stereocenters. The Labute approximate surface area is 85.7 Å². The quantitative estimate of drug-likeness (QED) is 0.741. The van der Waals surface area contributed by atoms with E-state index < -0.39 is 11.3 Å². The molecule has 2 rings (SSSR count). The number of aromatic nitrogens is 1. The normalized spacial score (nSPS) is 26.8. The topological polar surface area (TPSA) is 42.4 Å². The van der Waals surface area contributed by atoms with Gasteiger partial charge in [-0.15, -0.1) is 0 Å². The van der Waals surface area contributed by atoms with Crippen molar-refractivity contribution in [3.8, 4) is 0 Å². The third-order valence-corrected chi connectivity index (χ3v) is 3.26. The van der Waals surface area contributed by atoms with E-state index in [-0.39, 0.29) is 6.10 Å². The number of nitrogens with zero attached hydrogens (tertiary/aromatic N) is 2. The summed E-state index contributed by atoms with van der Waals surface area (Å²) in [5, 5.41) is 0. The molecule has 0 aromatic carbocycles. The highest BCUT2D eigenvalue weighted by atomic mass is 32.2. The molecule has 4 nitrogen and oxygen atoms in total. The van der Waals surface area contributed by atoms with Crippen molar-refractivity contribution in [3.63, 3.8) is 0 Å². The van der Waals surface area contributed by atoms with E-state index in [2.05, 4.69) is 4.98 Å².